The average molecular weight is 424 g/mol. The molecule has 10 heteroatoms. The predicted octanol–water partition coefficient (Wildman–Crippen LogP) is 1.87. The molecule has 4 saturated heterocycles. The first-order chi connectivity index (χ1) is 14.9. The normalized spacial score (nSPS) is 30.5. The lowest BCUT2D eigenvalue weighted by Crippen LogP contribution is -2.76. The zero-order chi connectivity index (χ0) is 21.8. The van der Waals surface area contributed by atoms with Crippen molar-refractivity contribution in [3.05, 3.63) is 52.1 Å². The Morgan fingerprint density at radius 1 is 1.00 bits per heavy atom. The molecule has 31 heavy (non-hydrogen) atoms. The number of phenols is 2. The van der Waals surface area contributed by atoms with Crippen molar-refractivity contribution in [2.24, 2.45) is 11.8 Å². The second-order valence-corrected chi connectivity index (χ2v) is 8.23. The van der Waals surface area contributed by atoms with E-state index >= 15 is 0 Å². The van der Waals surface area contributed by atoms with E-state index in [-0.39, 0.29) is 28.9 Å². The van der Waals surface area contributed by atoms with E-state index in [0.717, 1.165) is 32.8 Å². The van der Waals surface area contributed by atoms with Crippen LogP contribution in [-0.2, 0) is 0 Å². The molecule has 160 valence electrons. The highest BCUT2D eigenvalue weighted by molar-refractivity contribution is 5.50. The van der Waals surface area contributed by atoms with Crippen LogP contribution in [-0.4, -0.2) is 63.6 Å². The van der Waals surface area contributed by atoms with E-state index < -0.39 is 22.1 Å². The highest BCUT2D eigenvalue weighted by atomic mass is 16.7. The second-order valence-electron chi connectivity index (χ2n) is 8.23. The number of hydrogen-bond acceptors (Lipinski definition) is 9. The van der Waals surface area contributed by atoms with Crippen LogP contribution in [0.25, 0.3) is 0 Å². The summed E-state index contributed by atoms with van der Waals surface area (Å²) in [5.74, 6) is -1.17. The highest BCUT2D eigenvalue weighted by Crippen LogP contribution is 2.46. The molecule has 2 N–H and O–H groups in total. The Kier molecular flexibility index (Phi) is 4.39. The first-order valence-electron chi connectivity index (χ1n) is 9.91. The van der Waals surface area contributed by atoms with E-state index in [4.69, 9.17) is 14.7 Å². The maximum atomic E-state index is 11.0. The van der Waals surface area contributed by atoms with Crippen LogP contribution in [0.5, 0.6) is 23.0 Å². The molecule has 0 unspecified atom stereocenters. The van der Waals surface area contributed by atoms with E-state index in [1.54, 1.807) is 6.07 Å². The van der Waals surface area contributed by atoms with Crippen molar-refractivity contribution >= 4 is 5.69 Å². The van der Waals surface area contributed by atoms with Gasteiger partial charge in [-0.25, -0.2) is 0 Å². The maximum Gasteiger partial charge on any atom is 0.310 e. The van der Waals surface area contributed by atoms with Crippen molar-refractivity contribution in [3.8, 4) is 29.1 Å². The number of ether oxygens (including phenoxy) is 2. The molecular weight excluding hydrogens is 404 g/mol. The third kappa shape index (κ3) is 3.19. The van der Waals surface area contributed by atoms with Gasteiger partial charge in [-0.15, -0.1) is 0 Å². The van der Waals surface area contributed by atoms with Gasteiger partial charge in [-0.3, -0.25) is 19.9 Å². The van der Waals surface area contributed by atoms with Crippen LogP contribution < -0.4 is 9.47 Å². The van der Waals surface area contributed by atoms with Crippen LogP contribution in [0.4, 0.5) is 5.69 Å². The average Bonchev–Trinajstić information content (AvgIpc) is 2.71. The van der Waals surface area contributed by atoms with Gasteiger partial charge in [0.1, 0.15) is 23.3 Å². The summed E-state index contributed by atoms with van der Waals surface area (Å²) >= 11 is 0. The van der Waals surface area contributed by atoms with E-state index in [1.807, 2.05) is 6.07 Å². The van der Waals surface area contributed by atoms with Crippen molar-refractivity contribution in [2.45, 2.75) is 5.79 Å². The topological polar surface area (TPSA) is 132 Å². The molecule has 0 spiro atoms. The Balaban J connectivity index is 1.53. The number of rotatable bonds is 5. The number of benzene rings is 2. The summed E-state index contributed by atoms with van der Waals surface area (Å²) in [4.78, 5) is 15.0. The summed E-state index contributed by atoms with van der Waals surface area (Å²) in [6.45, 7) is 3.93. The minimum absolute atomic E-state index is 0.0242. The van der Waals surface area contributed by atoms with Crippen LogP contribution in [0.15, 0.2) is 36.4 Å². The molecule has 0 aromatic heterocycles. The monoisotopic (exact) mass is 424 g/mol. The van der Waals surface area contributed by atoms with Gasteiger partial charge < -0.3 is 19.7 Å². The van der Waals surface area contributed by atoms with E-state index in [0.29, 0.717) is 5.75 Å². The van der Waals surface area contributed by atoms with Crippen LogP contribution >= 0.6 is 0 Å². The molecule has 0 aliphatic carbocycles. The van der Waals surface area contributed by atoms with Crippen LogP contribution in [0.2, 0.25) is 0 Å². The van der Waals surface area contributed by atoms with Crippen LogP contribution in [0.1, 0.15) is 5.56 Å². The molecule has 6 rings (SSSR count). The van der Waals surface area contributed by atoms with Gasteiger partial charge in [0, 0.05) is 44.4 Å². The van der Waals surface area contributed by atoms with Gasteiger partial charge >= 0.3 is 5.69 Å². The van der Waals surface area contributed by atoms with Gasteiger partial charge in [0.25, 0.3) is 5.79 Å². The van der Waals surface area contributed by atoms with Crippen molar-refractivity contribution < 1.29 is 24.6 Å². The molecule has 4 aliphatic heterocycles. The molecule has 2 aromatic carbocycles. The second kappa shape index (κ2) is 7.01. The lowest BCUT2D eigenvalue weighted by Gasteiger charge is -2.61. The minimum Gasteiger partial charge on any atom is -0.506 e. The van der Waals surface area contributed by atoms with E-state index in [1.165, 1.54) is 30.3 Å². The zero-order valence-corrected chi connectivity index (χ0v) is 16.5. The zero-order valence-electron chi connectivity index (χ0n) is 16.5. The summed E-state index contributed by atoms with van der Waals surface area (Å²) in [5, 5.41) is 40.3. The third-order valence-electron chi connectivity index (χ3n) is 6.24. The molecule has 4 aliphatic rings. The molecule has 2 aromatic rings. The molecule has 4 bridgehead atoms. The number of piperidine rings is 2. The molecule has 0 amide bonds. The fourth-order valence-electron chi connectivity index (χ4n) is 4.98. The van der Waals surface area contributed by atoms with Gasteiger partial charge in [0.2, 0.25) is 0 Å². The van der Waals surface area contributed by atoms with Crippen molar-refractivity contribution in [1.82, 2.24) is 9.80 Å². The quantitative estimate of drug-likeness (QED) is 0.419. The Morgan fingerprint density at radius 2 is 1.55 bits per heavy atom. The van der Waals surface area contributed by atoms with E-state index in [9.17, 15) is 20.3 Å². The number of phenolic OH excluding ortho intramolecular Hbond substituents is 2. The fourth-order valence-corrected chi connectivity index (χ4v) is 4.98. The first kappa shape index (κ1) is 19.4. The Labute approximate surface area is 177 Å². The van der Waals surface area contributed by atoms with Crippen molar-refractivity contribution in [3.63, 3.8) is 0 Å². The Hall–Kier alpha value is -3.55. The number of nitriles is 1. The molecule has 10 nitrogen and oxygen atoms in total. The minimum atomic E-state index is -1.09. The Bertz CT molecular complexity index is 1070. The van der Waals surface area contributed by atoms with Crippen molar-refractivity contribution in [1.29, 1.82) is 5.26 Å². The van der Waals surface area contributed by atoms with Gasteiger partial charge in [0.15, 0.2) is 5.75 Å². The molecular formula is C21H20N4O6. The van der Waals surface area contributed by atoms with Gasteiger partial charge in [-0.2, -0.15) is 5.26 Å². The number of hydrogen-bond donors (Lipinski definition) is 2. The SMILES string of the molecule is N#Cc1ccc(OC2(Oc3ccc([N+](=O)[O-])c(O)c3)C3CN4CC2CN(C3)C4)cc1O. The fraction of sp³-hybridized carbons (Fsp3) is 0.381. The van der Waals surface area contributed by atoms with E-state index in [2.05, 4.69) is 9.80 Å². The van der Waals surface area contributed by atoms with Crippen molar-refractivity contribution in [2.75, 3.05) is 32.8 Å². The summed E-state index contributed by atoms with van der Waals surface area (Å²) in [6, 6.07) is 10.3. The summed E-state index contributed by atoms with van der Waals surface area (Å²) in [7, 11) is 0. The van der Waals surface area contributed by atoms with Crippen LogP contribution in [0.3, 0.4) is 0 Å². The molecule has 0 saturated carbocycles. The van der Waals surface area contributed by atoms with Gasteiger partial charge in [0.05, 0.1) is 29.0 Å². The number of aromatic hydroxyl groups is 2. The number of nitro groups is 1. The lowest BCUT2D eigenvalue weighted by atomic mass is 9.76. The largest absolute Gasteiger partial charge is 0.506 e. The third-order valence-corrected chi connectivity index (χ3v) is 6.24. The molecule has 4 fully saturated rings. The standard InChI is InChI=1S/C21H20N4O6/c22-7-13-1-2-16(5-19(13)26)30-21(14-8-23-10-15(21)11-24(9-14)12-23)31-17-3-4-18(25(28)29)20(27)6-17/h1-6,14-15,26-27H,8-12H2. The van der Waals surface area contributed by atoms with Gasteiger partial charge in [-0.1, -0.05) is 0 Å². The summed E-state index contributed by atoms with van der Waals surface area (Å²) in [5.41, 5.74) is -0.258. The Morgan fingerprint density at radius 3 is 2.03 bits per heavy atom. The summed E-state index contributed by atoms with van der Waals surface area (Å²) < 4.78 is 12.8. The lowest BCUT2D eigenvalue weighted by molar-refractivity contribution is -0.385. The highest BCUT2D eigenvalue weighted by Gasteiger charge is 2.60. The first-order valence-corrected chi connectivity index (χ1v) is 9.91. The number of nitrogens with zero attached hydrogens (tertiary/aromatic N) is 4. The maximum absolute atomic E-state index is 11.0. The number of nitro benzene ring substituents is 1. The summed E-state index contributed by atoms with van der Waals surface area (Å²) in [6.07, 6.45) is 0. The smallest absolute Gasteiger partial charge is 0.310 e. The predicted molar refractivity (Wildman–Crippen MR) is 107 cm³/mol. The molecule has 0 radical (unpaired) electrons. The molecule has 4 heterocycles. The molecule has 0 atom stereocenters. The van der Waals surface area contributed by atoms with Gasteiger partial charge in [-0.05, 0) is 18.2 Å². The van der Waals surface area contributed by atoms with Crippen LogP contribution in [0, 0.1) is 33.3 Å².